The molecule has 106 valence electrons. The Morgan fingerprint density at radius 2 is 2.05 bits per heavy atom. The number of sulfone groups is 1. The number of fused-ring (bicyclic) bond motifs is 1. The van der Waals surface area contributed by atoms with Gasteiger partial charge >= 0.3 is 14.1 Å². The number of benzene rings is 1. The quantitative estimate of drug-likeness (QED) is 0.733. The van der Waals surface area contributed by atoms with Crippen LogP contribution in [0.1, 0.15) is 0 Å². The molecule has 0 saturated heterocycles. The fourth-order valence-corrected chi connectivity index (χ4v) is 6.34. The van der Waals surface area contributed by atoms with Crippen molar-refractivity contribution in [2.75, 3.05) is 17.7 Å². The van der Waals surface area contributed by atoms with Crippen LogP contribution in [0.25, 0.3) is 10.9 Å². The maximum Gasteiger partial charge on any atom is 0.325 e. The first-order chi connectivity index (χ1) is 9.28. The zero-order valence-electron chi connectivity index (χ0n) is 11.4. The van der Waals surface area contributed by atoms with Crippen LogP contribution in [0, 0.1) is 0 Å². The average molecular weight is 308 g/mol. The lowest BCUT2D eigenvalue weighted by Gasteiger charge is -2.15. The standard InChI is InChI=1S/C8H6N3.C3H8NO2S.CH3.Al/c9-8-6-3-1-2-4-7(6)10-5-11-8;1-7(5,6)3-2-4;;/h2-5H,(H2,9,10,11);2H,3-4H2,1H3;1H3;. The molecule has 2 aromatic rings. The molecule has 1 unspecified atom stereocenters. The van der Waals surface area contributed by atoms with Crippen LogP contribution in [0.2, 0.25) is 5.79 Å². The van der Waals surface area contributed by atoms with E-state index in [0.717, 1.165) is 15.3 Å². The van der Waals surface area contributed by atoms with E-state index in [2.05, 4.69) is 9.97 Å². The van der Waals surface area contributed by atoms with Crippen molar-refractivity contribution in [2.45, 2.75) is 10.7 Å². The number of hydrogen-bond donors (Lipinski definition) is 2. The largest absolute Gasteiger partial charge is 0.383 e. The second-order valence-corrected chi connectivity index (χ2v) is 10.4. The molecule has 0 amide bonds. The highest BCUT2D eigenvalue weighted by molar-refractivity contribution is 7.90. The molecule has 1 atom stereocenters. The first-order valence-corrected chi connectivity index (χ1v) is 10.7. The number of anilines is 1. The van der Waals surface area contributed by atoms with Crippen molar-refractivity contribution in [1.82, 2.24) is 9.97 Å². The highest BCUT2D eigenvalue weighted by Gasteiger charge is 2.25. The van der Waals surface area contributed by atoms with Crippen LogP contribution in [0.3, 0.4) is 0 Å². The fraction of sp³-hybridized carbons (Fsp3) is 0.333. The Morgan fingerprint density at radius 3 is 2.70 bits per heavy atom. The maximum atomic E-state index is 11.3. The van der Waals surface area contributed by atoms with Crippen LogP contribution in [-0.2, 0) is 9.84 Å². The molecular weight excluding hydrogens is 291 g/mol. The van der Waals surface area contributed by atoms with Crippen molar-refractivity contribution >= 4 is 45.1 Å². The van der Waals surface area contributed by atoms with E-state index in [1.165, 1.54) is 12.6 Å². The van der Waals surface area contributed by atoms with Crippen molar-refractivity contribution in [1.29, 1.82) is 0 Å². The van der Waals surface area contributed by atoms with Crippen molar-refractivity contribution < 1.29 is 8.42 Å². The fourth-order valence-electron chi connectivity index (χ4n) is 2.12. The second-order valence-electron chi connectivity index (χ2n) is 5.08. The minimum atomic E-state index is -3.07. The molecule has 1 aromatic carbocycles. The van der Waals surface area contributed by atoms with E-state index in [-0.39, 0.29) is 10.7 Å². The predicted molar refractivity (Wildman–Crippen MR) is 82.9 cm³/mol. The van der Waals surface area contributed by atoms with Gasteiger partial charge in [-0.2, -0.15) is 0 Å². The first-order valence-electron chi connectivity index (χ1n) is 6.21. The summed E-state index contributed by atoms with van der Waals surface area (Å²) in [6.07, 6.45) is 2.63. The van der Waals surface area contributed by atoms with Gasteiger partial charge in [0.15, 0.2) is 0 Å². The third kappa shape index (κ3) is 3.46. The van der Waals surface area contributed by atoms with Gasteiger partial charge in [-0.25, -0.2) is 18.4 Å². The van der Waals surface area contributed by atoms with E-state index >= 15 is 0 Å². The molecule has 2 rings (SSSR count). The minimum absolute atomic E-state index is 0.0131. The Hall–Kier alpha value is -1.20. The number of aromatic nitrogens is 2. The van der Waals surface area contributed by atoms with Gasteiger partial charge in [0.2, 0.25) is 0 Å². The smallest absolute Gasteiger partial charge is 0.325 e. The number of nitrogens with zero attached hydrogens (tertiary/aromatic N) is 2. The summed E-state index contributed by atoms with van der Waals surface area (Å²) in [5.41, 5.74) is 12.7. The van der Waals surface area contributed by atoms with Gasteiger partial charge < -0.3 is 11.5 Å². The van der Waals surface area contributed by atoms with E-state index < -0.39 is 24.0 Å². The molecule has 0 aliphatic carbocycles. The highest BCUT2D eigenvalue weighted by atomic mass is 32.2. The Morgan fingerprint density at radius 1 is 1.35 bits per heavy atom. The van der Waals surface area contributed by atoms with Crippen LogP contribution in [-0.4, -0.2) is 49.4 Å². The second kappa shape index (κ2) is 5.66. The van der Waals surface area contributed by atoms with Gasteiger partial charge in [-0.1, -0.05) is 12.1 Å². The summed E-state index contributed by atoms with van der Waals surface area (Å²) in [4.78, 5) is 7.79. The molecule has 0 aliphatic rings. The summed E-state index contributed by atoms with van der Waals surface area (Å²) in [6.45, 7) is 0. The molecule has 0 bridgehead atoms. The molecule has 0 spiro atoms. The number of nitrogens with two attached hydrogens (primary N) is 2. The third-order valence-electron chi connectivity index (χ3n) is 3.35. The molecule has 20 heavy (non-hydrogen) atoms. The van der Waals surface area contributed by atoms with E-state index in [1.54, 1.807) is 0 Å². The van der Waals surface area contributed by atoms with Crippen molar-refractivity contribution in [2.24, 2.45) is 5.73 Å². The molecule has 1 aromatic heterocycles. The SMILES string of the molecule is [CH3][Al]([c]1ccc2ncnc(N)c2c1)[CH](N)CS(C)(=O)=O. The summed E-state index contributed by atoms with van der Waals surface area (Å²) >= 11 is -1.60. The summed E-state index contributed by atoms with van der Waals surface area (Å²) in [5, 5.41) is 0.788. The molecular formula is C12H17AlN4O2S. The van der Waals surface area contributed by atoms with Gasteiger partial charge in [0.05, 0.1) is 11.3 Å². The Labute approximate surface area is 122 Å². The lowest BCUT2D eigenvalue weighted by atomic mass is 10.2. The van der Waals surface area contributed by atoms with Crippen LogP contribution in [0.5, 0.6) is 0 Å². The van der Waals surface area contributed by atoms with E-state index in [9.17, 15) is 8.42 Å². The van der Waals surface area contributed by atoms with Crippen LogP contribution in [0.4, 0.5) is 5.82 Å². The zero-order chi connectivity index (χ0) is 14.9. The van der Waals surface area contributed by atoms with Gasteiger partial charge in [0.1, 0.15) is 22.0 Å². The van der Waals surface area contributed by atoms with Crippen molar-refractivity contribution in [3.05, 3.63) is 24.5 Å². The minimum Gasteiger partial charge on any atom is -0.383 e. The average Bonchev–Trinajstić information content (AvgIpc) is 2.36. The Balaban J connectivity index is 2.35. The molecule has 0 fully saturated rings. The van der Waals surface area contributed by atoms with Crippen molar-refractivity contribution in [3.63, 3.8) is 0 Å². The highest BCUT2D eigenvalue weighted by Crippen LogP contribution is 2.14. The van der Waals surface area contributed by atoms with E-state index in [1.807, 2.05) is 24.0 Å². The zero-order valence-corrected chi connectivity index (χ0v) is 13.4. The maximum absolute atomic E-state index is 11.3. The lowest BCUT2D eigenvalue weighted by Crippen LogP contribution is -2.49. The topological polar surface area (TPSA) is 112 Å². The molecule has 8 heteroatoms. The van der Waals surface area contributed by atoms with Gasteiger partial charge in [-0.05, 0) is 11.0 Å². The summed E-state index contributed by atoms with van der Waals surface area (Å²) < 4.78 is 23.8. The van der Waals surface area contributed by atoms with Crippen molar-refractivity contribution in [3.8, 4) is 0 Å². The molecule has 0 radical (unpaired) electrons. The normalized spacial score (nSPS) is 13.3. The van der Waals surface area contributed by atoms with Gasteiger partial charge in [-0.15, -0.1) is 10.2 Å². The molecule has 6 nitrogen and oxygen atoms in total. The monoisotopic (exact) mass is 308 g/mol. The predicted octanol–water partition coefficient (Wildman–Crippen LogP) is -0.545. The molecule has 0 saturated carbocycles. The van der Waals surface area contributed by atoms with Crippen LogP contribution in [0.15, 0.2) is 24.5 Å². The van der Waals surface area contributed by atoms with Gasteiger partial charge in [0.25, 0.3) is 0 Å². The van der Waals surface area contributed by atoms with E-state index in [0.29, 0.717) is 5.82 Å². The Kier molecular flexibility index (Phi) is 4.30. The molecule has 4 N–H and O–H groups in total. The molecule has 1 heterocycles. The van der Waals surface area contributed by atoms with E-state index in [4.69, 9.17) is 11.5 Å². The first kappa shape index (κ1) is 15.2. The molecule has 0 aliphatic heterocycles. The van der Waals surface area contributed by atoms with Gasteiger partial charge in [0, 0.05) is 11.6 Å². The Bertz CT molecular complexity index is 735. The summed E-state index contributed by atoms with van der Waals surface area (Å²) in [6, 6.07) is 5.76. The lowest BCUT2D eigenvalue weighted by molar-refractivity contribution is 0.600. The summed E-state index contributed by atoms with van der Waals surface area (Å²) in [5.74, 6) is 2.48. The van der Waals surface area contributed by atoms with Crippen LogP contribution < -0.4 is 15.9 Å². The third-order valence-corrected chi connectivity index (χ3v) is 7.62. The number of rotatable bonds is 4. The van der Waals surface area contributed by atoms with Crippen LogP contribution >= 0.6 is 0 Å². The number of hydrogen-bond acceptors (Lipinski definition) is 6. The van der Waals surface area contributed by atoms with Gasteiger partial charge in [-0.3, -0.25) is 0 Å². The summed E-state index contributed by atoms with van der Waals surface area (Å²) in [7, 11) is -3.07. The number of nitrogen functional groups attached to an aromatic ring is 1.